The van der Waals surface area contributed by atoms with E-state index in [1.54, 1.807) is 0 Å². The van der Waals surface area contributed by atoms with Crippen LogP contribution in [0, 0.1) is 0 Å². The van der Waals surface area contributed by atoms with Gasteiger partial charge in [0.1, 0.15) is 0 Å². The number of hydrogen-bond acceptors (Lipinski definition) is 4. The van der Waals surface area contributed by atoms with E-state index >= 15 is 0 Å². The predicted octanol–water partition coefficient (Wildman–Crippen LogP) is 0.306. The lowest BCUT2D eigenvalue weighted by atomic mass is 9.98. The molecule has 0 aromatic heterocycles. The monoisotopic (exact) mass is 269 g/mol. The first-order valence-electron chi connectivity index (χ1n) is 7.40. The zero-order valence-corrected chi connectivity index (χ0v) is 12.4. The van der Waals surface area contributed by atoms with E-state index in [2.05, 4.69) is 31.1 Å². The highest BCUT2D eigenvalue weighted by molar-refractivity contribution is 5.78. The maximum absolute atomic E-state index is 12.2. The van der Waals surface area contributed by atoms with Crippen molar-refractivity contribution in [2.75, 3.05) is 39.8 Å². The molecule has 2 saturated heterocycles. The highest BCUT2D eigenvalue weighted by Crippen LogP contribution is 2.22. The van der Waals surface area contributed by atoms with Crippen LogP contribution in [0.15, 0.2) is 0 Å². The second kappa shape index (κ2) is 6.68. The van der Waals surface area contributed by atoms with Gasteiger partial charge in [-0.3, -0.25) is 9.69 Å². The number of nitrogens with zero attached hydrogens (tertiary/aromatic N) is 2. The Morgan fingerprint density at radius 2 is 1.84 bits per heavy atom. The van der Waals surface area contributed by atoms with Crippen molar-refractivity contribution in [3.63, 3.8) is 0 Å². The molecule has 0 spiro atoms. The van der Waals surface area contributed by atoms with E-state index < -0.39 is 0 Å². The Hall–Kier alpha value is -0.650. The Kier molecular flexibility index (Phi) is 5.19. The lowest BCUT2D eigenvalue weighted by Crippen LogP contribution is -2.51. The molecule has 110 valence electrons. The standard InChI is InChI=1S/C14H27N3O2/c1-11-8-13(9-12(2)19-11)16(3)10-14(18)17-6-4-15-5-7-17/h11-13,15H,4-10H2,1-3H3. The van der Waals surface area contributed by atoms with Crippen molar-refractivity contribution >= 4 is 5.91 Å². The predicted molar refractivity (Wildman–Crippen MR) is 75.1 cm³/mol. The minimum atomic E-state index is 0.260. The molecule has 0 aliphatic carbocycles. The van der Waals surface area contributed by atoms with Crippen LogP contribution in [0.4, 0.5) is 0 Å². The molecule has 0 aromatic carbocycles. The third-order valence-corrected chi connectivity index (χ3v) is 4.15. The number of rotatable bonds is 3. The fourth-order valence-corrected chi connectivity index (χ4v) is 3.09. The minimum Gasteiger partial charge on any atom is -0.375 e. The van der Waals surface area contributed by atoms with Crippen LogP contribution in [0.2, 0.25) is 0 Å². The van der Waals surface area contributed by atoms with Gasteiger partial charge in [-0.05, 0) is 33.7 Å². The van der Waals surface area contributed by atoms with Gasteiger partial charge >= 0.3 is 0 Å². The van der Waals surface area contributed by atoms with Crippen molar-refractivity contribution in [2.45, 2.75) is 44.9 Å². The largest absolute Gasteiger partial charge is 0.375 e. The smallest absolute Gasteiger partial charge is 0.236 e. The summed E-state index contributed by atoms with van der Waals surface area (Å²) in [6, 6.07) is 0.464. The van der Waals surface area contributed by atoms with Crippen molar-refractivity contribution in [3.8, 4) is 0 Å². The number of nitrogens with one attached hydrogen (secondary N) is 1. The number of carbonyl (C=O) groups is 1. The minimum absolute atomic E-state index is 0.260. The maximum atomic E-state index is 12.2. The summed E-state index contributed by atoms with van der Waals surface area (Å²) in [4.78, 5) is 16.4. The summed E-state index contributed by atoms with van der Waals surface area (Å²) in [5, 5.41) is 3.27. The molecule has 5 nitrogen and oxygen atoms in total. The molecular formula is C14H27N3O2. The highest BCUT2D eigenvalue weighted by atomic mass is 16.5. The molecule has 0 radical (unpaired) electrons. The molecule has 0 saturated carbocycles. The zero-order valence-electron chi connectivity index (χ0n) is 12.4. The summed E-state index contributed by atoms with van der Waals surface area (Å²) in [6.45, 7) is 8.29. The fourth-order valence-electron chi connectivity index (χ4n) is 3.09. The number of hydrogen-bond donors (Lipinski definition) is 1. The number of likely N-dealkylation sites (N-methyl/N-ethyl adjacent to an activating group) is 1. The van der Waals surface area contributed by atoms with E-state index in [1.807, 2.05) is 4.90 Å². The van der Waals surface area contributed by atoms with E-state index in [9.17, 15) is 4.79 Å². The Morgan fingerprint density at radius 1 is 1.26 bits per heavy atom. The van der Waals surface area contributed by atoms with Gasteiger partial charge in [-0.25, -0.2) is 0 Å². The number of ether oxygens (including phenoxy) is 1. The molecule has 2 unspecified atom stereocenters. The molecular weight excluding hydrogens is 242 g/mol. The van der Waals surface area contributed by atoms with Crippen LogP contribution in [0.5, 0.6) is 0 Å². The normalized spacial score (nSPS) is 32.6. The molecule has 1 amide bonds. The topological polar surface area (TPSA) is 44.8 Å². The van der Waals surface area contributed by atoms with Gasteiger partial charge in [-0.15, -0.1) is 0 Å². The summed E-state index contributed by atoms with van der Waals surface area (Å²) in [6.07, 6.45) is 2.64. The van der Waals surface area contributed by atoms with Crippen LogP contribution in [-0.4, -0.2) is 73.7 Å². The first kappa shape index (κ1) is 14.8. The molecule has 1 N–H and O–H groups in total. The Balaban J connectivity index is 1.82. The molecule has 2 atom stereocenters. The summed E-state index contributed by atoms with van der Waals surface area (Å²) in [5.41, 5.74) is 0. The Labute approximate surface area is 116 Å². The van der Waals surface area contributed by atoms with Gasteiger partial charge in [0.2, 0.25) is 5.91 Å². The first-order chi connectivity index (χ1) is 9.06. The maximum Gasteiger partial charge on any atom is 0.236 e. The fraction of sp³-hybridized carbons (Fsp3) is 0.929. The number of piperazine rings is 1. The van der Waals surface area contributed by atoms with Crippen LogP contribution in [0.25, 0.3) is 0 Å². The Morgan fingerprint density at radius 3 is 2.42 bits per heavy atom. The SMILES string of the molecule is CC1CC(N(C)CC(=O)N2CCNCC2)CC(C)O1. The first-order valence-corrected chi connectivity index (χ1v) is 7.40. The van der Waals surface area contributed by atoms with Crippen molar-refractivity contribution < 1.29 is 9.53 Å². The summed E-state index contributed by atoms with van der Waals surface area (Å²) in [7, 11) is 2.07. The lowest BCUT2D eigenvalue weighted by molar-refractivity contribution is -0.134. The van der Waals surface area contributed by atoms with Gasteiger partial charge in [-0.2, -0.15) is 0 Å². The molecule has 0 aromatic rings. The van der Waals surface area contributed by atoms with Crippen molar-refractivity contribution in [1.29, 1.82) is 0 Å². The summed E-state index contributed by atoms with van der Waals surface area (Å²) < 4.78 is 5.76. The summed E-state index contributed by atoms with van der Waals surface area (Å²) in [5.74, 6) is 0.260. The average molecular weight is 269 g/mol. The quantitative estimate of drug-likeness (QED) is 0.801. The third-order valence-electron chi connectivity index (χ3n) is 4.15. The average Bonchev–Trinajstić information content (AvgIpc) is 2.38. The number of carbonyl (C=O) groups excluding carboxylic acids is 1. The highest BCUT2D eigenvalue weighted by Gasteiger charge is 2.29. The molecule has 0 bridgehead atoms. The lowest BCUT2D eigenvalue weighted by Gasteiger charge is -2.38. The van der Waals surface area contributed by atoms with Crippen molar-refractivity contribution in [1.82, 2.24) is 15.1 Å². The van der Waals surface area contributed by atoms with Crippen LogP contribution in [0.1, 0.15) is 26.7 Å². The number of amides is 1. The van der Waals surface area contributed by atoms with E-state index in [4.69, 9.17) is 4.74 Å². The van der Waals surface area contributed by atoms with Gasteiger partial charge < -0.3 is 15.0 Å². The molecule has 2 rings (SSSR count). The molecule has 2 heterocycles. The molecule has 2 fully saturated rings. The van der Waals surface area contributed by atoms with Crippen molar-refractivity contribution in [3.05, 3.63) is 0 Å². The van der Waals surface area contributed by atoms with E-state index in [0.717, 1.165) is 39.0 Å². The third kappa shape index (κ3) is 4.16. The van der Waals surface area contributed by atoms with Crippen LogP contribution >= 0.6 is 0 Å². The van der Waals surface area contributed by atoms with Gasteiger partial charge in [0.25, 0.3) is 0 Å². The van der Waals surface area contributed by atoms with Gasteiger partial charge in [0.05, 0.1) is 18.8 Å². The van der Waals surface area contributed by atoms with Gasteiger partial charge in [-0.1, -0.05) is 0 Å². The molecule has 2 aliphatic heterocycles. The second-order valence-corrected chi connectivity index (χ2v) is 5.93. The Bertz CT molecular complexity index is 295. The van der Waals surface area contributed by atoms with Crippen molar-refractivity contribution in [2.24, 2.45) is 0 Å². The zero-order chi connectivity index (χ0) is 13.8. The van der Waals surface area contributed by atoms with Gasteiger partial charge in [0, 0.05) is 32.2 Å². The molecule has 5 heteroatoms. The molecule has 19 heavy (non-hydrogen) atoms. The van der Waals surface area contributed by atoms with Gasteiger partial charge in [0.15, 0.2) is 0 Å². The summed E-state index contributed by atoms with van der Waals surface area (Å²) >= 11 is 0. The second-order valence-electron chi connectivity index (χ2n) is 5.93. The van der Waals surface area contributed by atoms with Crippen LogP contribution in [0.3, 0.4) is 0 Å². The van der Waals surface area contributed by atoms with Crippen LogP contribution < -0.4 is 5.32 Å². The molecule has 2 aliphatic rings. The van der Waals surface area contributed by atoms with E-state index in [-0.39, 0.29) is 5.91 Å². The van der Waals surface area contributed by atoms with E-state index in [0.29, 0.717) is 24.8 Å². The van der Waals surface area contributed by atoms with Crippen LogP contribution in [-0.2, 0) is 9.53 Å². The van der Waals surface area contributed by atoms with E-state index in [1.165, 1.54) is 0 Å².